The van der Waals surface area contributed by atoms with Gasteiger partial charge in [0, 0.05) is 31.2 Å². The Hall–Kier alpha value is -1.00. The number of hydrogen-bond acceptors (Lipinski definition) is 4. The minimum absolute atomic E-state index is 0.154. The van der Waals surface area contributed by atoms with Crippen molar-refractivity contribution >= 4 is 0 Å². The molecule has 0 amide bonds. The van der Waals surface area contributed by atoms with Gasteiger partial charge < -0.3 is 10.4 Å². The molecule has 0 saturated heterocycles. The molecule has 2 rings (SSSR count). The van der Waals surface area contributed by atoms with Gasteiger partial charge in [-0.25, -0.2) is 0 Å². The van der Waals surface area contributed by atoms with Gasteiger partial charge in [0.05, 0.1) is 11.7 Å². The van der Waals surface area contributed by atoms with Crippen molar-refractivity contribution in [2.45, 2.75) is 31.3 Å². The Labute approximate surface area is 83.4 Å². The summed E-state index contributed by atoms with van der Waals surface area (Å²) in [4.78, 5) is 8.27. The smallest absolute Gasteiger partial charge is 0.0757 e. The van der Waals surface area contributed by atoms with Crippen molar-refractivity contribution in [1.29, 1.82) is 0 Å². The molecule has 1 aromatic heterocycles. The van der Waals surface area contributed by atoms with E-state index in [0.29, 0.717) is 12.5 Å². The molecule has 1 aliphatic carbocycles. The van der Waals surface area contributed by atoms with Crippen molar-refractivity contribution in [3.63, 3.8) is 0 Å². The van der Waals surface area contributed by atoms with E-state index in [9.17, 15) is 0 Å². The minimum atomic E-state index is 0.154. The largest absolute Gasteiger partial charge is 0.396 e. The van der Waals surface area contributed by atoms with Crippen molar-refractivity contribution in [3.8, 4) is 0 Å². The molecule has 4 heteroatoms. The molecule has 1 heterocycles. The molecule has 0 bridgehead atoms. The van der Waals surface area contributed by atoms with Crippen LogP contribution in [0.4, 0.5) is 0 Å². The summed E-state index contributed by atoms with van der Waals surface area (Å²) in [6, 6.07) is 0.773. The maximum Gasteiger partial charge on any atom is 0.0757 e. The number of rotatable bonds is 5. The van der Waals surface area contributed by atoms with Crippen molar-refractivity contribution in [2.75, 3.05) is 6.61 Å². The highest BCUT2D eigenvalue weighted by molar-refractivity contribution is 5.04. The summed E-state index contributed by atoms with van der Waals surface area (Å²) in [6.07, 6.45) is 8.29. The van der Waals surface area contributed by atoms with Gasteiger partial charge in [-0.3, -0.25) is 9.97 Å². The van der Waals surface area contributed by atoms with Crippen LogP contribution in [-0.4, -0.2) is 27.7 Å². The van der Waals surface area contributed by atoms with Crippen LogP contribution in [-0.2, 0) is 0 Å². The Morgan fingerprint density at radius 1 is 1.50 bits per heavy atom. The Morgan fingerprint density at radius 2 is 2.36 bits per heavy atom. The molecule has 0 unspecified atom stereocenters. The molecular formula is C10H15N3O. The van der Waals surface area contributed by atoms with Crippen molar-refractivity contribution in [1.82, 2.24) is 15.3 Å². The van der Waals surface area contributed by atoms with E-state index in [2.05, 4.69) is 15.3 Å². The lowest BCUT2D eigenvalue weighted by molar-refractivity contribution is 0.263. The van der Waals surface area contributed by atoms with Crippen LogP contribution in [0.2, 0.25) is 0 Å². The standard InChI is InChI=1S/C10H15N3O/c14-6-3-9(13-8-1-2-8)10-7-11-4-5-12-10/h4-5,7-9,13-14H,1-3,6H2/t9-/m1/s1. The number of hydrogen-bond donors (Lipinski definition) is 2. The Morgan fingerprint density at radius 3 is 2.93 bits per heavy atom. The normalized spacial score (nSPS) is 18.1. The van der Waals surface area contributed by atoms with Crippen molar-refractivity contribution in [3.05, 3.63) is 24.3 Å². The molecule has 0 aliphatic heterocycles. The molecule has 0 radical (unpaired) electrons. The summed E-state index contributed by atoms with van der Waals surface area (Å²) in [5.74, 6) is 0. The second kappa shape index (κ2) is 4.48. The zero-order valence-corrected chi connectivity index (χ0v) is 8.06. The predicted molar refractivity (Wildman–Crippen MR) is 52.6 cm³/mol. The van der Waals surface area contributed by atoms with Crippen LogP contribution < -0.4 is 5.32 Å². The number of nitrogens with zero attached hydrogens (tertiary/aromatic N) is 2. The summed E-state index contributed by atoms with van der Waals surface area (Å²) in [7, 11) is 0. The van der Waals surface area contributed by atoms with Crippen molar-refractivity contribution < 1.29 is 5.11 Å². The van der Waals surface area contributed by atoms with E-state index >= 15 is 0 Å². The molecule has 1 aromatic rings. The zero-order valence-electron chi connectivity index (χ0n) is 8.06. The predicted octanol–water partition coefficient (Wildman–Crippen LogP) is 0.652. The van der Waals surface area contributed by atoms with Gasteiger partial charge in [0.25, 0.3) is 0 Å². The average Bonchev–Trinajstić information content (AvgIpc) is 3.03. The molecule has 14 heavy (non-hydrogen) atoms. The van der Waals surface area contributed by atoms with E-state index in [0.717, 1.165) is 5.69 Å². The molecule has 1 aliphatic rings. The molecule has 1 atom stereocenters. The molecule has 1 fully saturated rings. The third kappa shape index (κ3) is 2.49. The first-order chi connectivity index (χ1) is 6.90. The molecule has 2 N–H and O–H groups in total. The topological polar surface area (TPSA) is 58.0 Å². The van der Waals surface area contributed by atoms with Crippen LogP contribution in [0.25, 0.3) is 0 Å². The van der Waals surface area contributed by atoms with E-state index < -0.39 is 0 Å². The fourth-order valence-electron chi connectivity index (χ4n) is 1.47. The molecule has 76 valence electrons. The van der Waals surface area contributed by atoms with Crippen LogP contribution in [0.1, 0.15) is 31.0 Å². The summed E-state index contributed by atoms with van der Waals surface area (Å²) in [6.45, 7) is 0.182. The van der Waals surface area contributed by atoms with Crippen LogP contribution in [0.15, 0.2) is 18.6 Å². The number of aliphatic hydroxyl groups excluding tert-OH is 1. The van der Waals surface area contributed by atoms with Crippen LogP contribution >= 0.6 is 0 Å². The fraction of sp³-hybridized carbons (Fsp3) is 0.600. The van der Waals surface area contributed by atoms with Crippen LogP contribution in [0.3, 0.4) is 0 Å². The van der Waals surface area contributed by atoms with E-state index in [1.807, 2.05) is 0 Å². The average molecular weight is 193 g/mol. The van der Waals surface area contributed by atoms with E-state index in [1.165, 1.54) is 12.8 Å². The maximum absolute atomic E-state index is 8.94. The molecule has 0 aromatic carbocycles. The summed E-state index contributed by atoms with van der Waals surface area (Å²) in [5.41, 5.74) is 0.924. The highest BCUT2D eigenvalue weighted by atomic mass is 16.3. The SMILES string of the molecule is OCC[C@@H](NC1CC1)c1cnccn1. The highest BCUT2D eigenvalue weighted by Gasteiger charge is 2.25. The Kier molecular flexibility index (Phi) is 3.06. The quantitative estimate of drug-likeness (QED) is 0.721. The van der Waals surface area contributed by atoms with Crippen LogP contribution in [0, 0.1) is 0 Å². The van der Waals surface area contributed by atoms with Gasteiger partial charge in [-0.05, 0) is 19.3 Å². The summed E-state index contributed by atoms with van der Waals surface area (Å²) >= 11 is 0. The van der Waals surface area contributed by atoms with Gasteiger partial charge >= 0.3 is 0 Å². The number of aliphatic hydroxyl groups is 1. The third-order valence-corrected chi connectivity index (χ3v) is 2.37. The minimum Gasteiger partial charge on any atom is -0.396 e. The van der Waals surface area contributed by atoms with Gasteiger partial charge in [0.2, 0.25) is 0 Å². The van der Waals surface area contributed by atoms with Gasteiger partial charge in [0.1, 0.15) is 0 Å². The fourth-order valence-corrected chi connectivity index (χ4v) is 1.47. The Bertz CT molecular complexity index is 274. The second-order valence-electron chi connectivity index (χ2n) is 3.64. The first-order valence-corrected chi connectivity index (χ1v) is 5.03. The molecule has 4 nitrogen and oxygen atoms in total. The van der Waals surface area contributed by atoms with Crippen LogP contribution in [0.5, 0.6) is 0 Å². The monoisotopic (exact) mass is 193 g/mol. The van der Waals surface area contributed by atoms with Gasteiger partial charge in [0.15, 0.2) is 0 Å². The Balaban J connectivity index is 2.01. The lowest BCUT2D eigenvalue weighted by Crippen LogP contribution is -2.25. The third-order valence-electron chi connectivity index (χ3n) is 2.37. The lowest BCUT2D eigenvalue weighted by Gasteiger charge is -2.16. The zero-order chi connectivity index (χ0) is 9.80. The van der Waals surface area contributed by atoms with E-state index in [-0.39, 0.29) is 12.6 Å². The van der Waals surface area contributed by atoms with Gasteiger partial charge in [-0.15, -0.1) is 0 Å². The number of nitrogens with one attached hydrogen (secondary N) is 1. The van der Waals surface area contributed by atoms with E-state index in [1.54, 1.807) is 18.6 Å². The van der Waals surface area contributed by atoms with E-state index in [4.69, 9.17) is 5.11 Å². The highest BCUT2D eigenvalue weighted by Crippen LogP contribution is 2.24. The lowest BCUT2D eigenvalue weighted by atomic mass is 10.1. The number of aromatic nitrogens is 2. The maximum atomic E-state index is 8.94. The van der Waals surface area contributed by atoms with Gasteiger partial charge in [-0.2, -0.15) is 0 Å². The van der Waals surface area contributed by atoms with Crippen molar-refractivity contribution in [2.24, 2.45) is 0 Å². The summed E-state index contributed by atoms with van der Waals surface area (Å²) < 4.78 is 0. The molecule has 0 spiro atoms. The second-order valence-corrected chi connectivity index (χ2v) is 3.64. The first kappa shape index (κ1) is 9.55. The summed E-state index contributed by atoms with van der Waals surface area (Å²) in [5, 5.41) is 12.4. The molecular weight excluding hydrogens is 178 g/mol. The molecule has 1 saturated carbocycles. The van der Waals surface area contributed by atoms with Gasteiger partial charge in [-0.1, -0.05) is 0 Å². The first-order valence-electron chi connectivity index (χ1n) is 5.03.